The molecule has 1 aliphatic heterocycles. The number of hydrogen-bond acceptors (Lipinski definition) is 2. The minimum atomic E-state index is -0.650. The average Bonchev–Trinajstić information content (AvgIpc) is 3.00. The first-order chi connectivity index (χ1) is 9.71. The van der Waals surface area contributed by atoms with Crippen molar-refractivity contribution in [3.8, 4) is 0 Å². The van der Waals surface area contributed by atoms with Gasteiger partial charge >= 0.3 is 5.97 Å². The number of benzene rings is 1. The summed E-state index contributed by atoms with van der Waals surface area (Å²) in [4.78, 5) is 12.2. The predicted octanol–water partition coefficient (Wildman–Crippen LogP) is 3.38. The Kier molecular flexibility index (Phi) is 3.55. The standard InChI is InChI=1S/C17H22O3/c18-15(19)17(10-12-20-13-11-17)16(8-4-5-9-16)14-6-2-1-3-7-14/h1-3,6-7H,4-5,8-13H2,(H,18,19). The molecule has 0 atom stereocenters. The Hall–Kier alpha value is -1.35. The SMILES string of the molecule is O=C(O)C1(C2(c3ccccc3)CCCC2)CCOCC1. The molecular formula is C17H22O3. The highest BCUT2D eigenvalue weighted by Crippen LogP contribution is 2.57. The predicted molar refractivity (Wildman–Crippen MR) is 76.7 cm³/mol. The van der Waals surface area contributed by atoms with Crippen LogP contribution < -0.4 is 0 Å². The van der Waals surface area contributed by atoms with E-state index in [0.29, 0.717) is 26.1 Å². The van der Waals surface area contributed by atoms with E-state index in [4.69, 9.17) is 4.74 Å². The number of carboxylic acid groups (broad SMARTS) is 1. The van der Waals surface area contributed by atoms with Gasteiger partial charge in [0.05, 0.1) is 5.41 Å². The first-order valence-corrected chi connectivity index (χ1v) is 7.58. The summed E-state index contributed by atoms with van der Waals surface area (Å²) < 4.78 is 5.45. The minimum absolute atomic E-state index is 0.204. The second-order valence-corrected chi connectivity index (χ2v) is 6.15. The third-order valence-electron chi connectivity index (χ3n) is 5.46. The summed E-state index contributed by atoms with van der Waals surface area (Å²) in [5.41, 5.74) is 0.356. The van der Waals surface area contributed by atoms with Gasteiger partial charge in [0.1, 0.15) is 0 Å². The molecule has 1 heterocycles. The molecule has 0 aromatic heterocycles. The molecule has 1 saturated carbocycles. The highest BCUT2D eigenvalue weighted by molar-refractivity contribution is 5.77. The van der Waals surface area contributed by atoms with Crippen molar-refractivity contribution in [1.82, 2.24) is 0 Å². The number of hydrogen-bond donors (Lipinski definition) is 1. The lowest BCUT2D eigenvalue weighted by molar-refractivity contribution is -0.162. The van der Waals surface area contributed by atoms with Crippen molar-refractivity contribution in [1.29, 1.82) is 0 Å². The maximum Gasteiger partial charge on any atom is 0.310 e. The molecule has 3 heteroatoms. The van der Waals surface area contributed by atoms with Crippen molar-refractivity contribution >= 4 is 5.97 Å². The van der Waals surface area contributed by atoms with E-state index in [1.165, 1.54) is 5.56 Å². The van der Waals surface area contributed by atoms with Crippen LogP contribution in [0.5, 0.6) is 0 Å². The Morgan fingerprint density at radius 3 is 2.15 bits per heavy atom. The van der Waals surface area contributed by atoms with Crippen molar-refractivity contribution in [2.75, 3.05) is 13.2 Å². The summed E-state index contributed by atoms with van der Waals surface area (Å²) >= 11 is 0. The van der Waals surface area contributed by atoms with Crippen LogP contribution in [-0.4, -0.2) is 24.3 Å². The van der Waals surface area contributed by atoms with E-state index in [1.54, 1.807) is 0 Å². The number of carboxylic acids is 1. The van der Waals surface area contributed by atoms with E-state index < -0.39 is 11.4 Å². The molecular weight excluding hydrogens is 252 g/mol. The zero-order valence-electron chi connectivity index (χ0n) is 11.8. The maximum absolute atomic E-state index is 12.2. The van der Waals surface area contributed by atoms with Crippen LogP contribution in [-0.2, 0) is 14.9 Å². The zero-order chi connectivity index (χ0) is 14.1. The van der Waals surface area contributed by atoms with Crippen molar-refractivity contribution in [3.63, 3.8) is 0 Å². The Balaban J connectivity index is 2.11. The number of aliphatic carboxylic acids is 1. The van der Waals surface area contributed by atoms with Gasteiger partial charge in [-0.25, -0.2) is 0 Å². The molecule has 3 rings (SSSR count). The first-order valence-electron chi connectivity index (χ1n) is 7.58. The van der Waals surface area contributed by atoms with Gasteiger partial charge in [-0.1, -0.05) is 43.2 Å². The molecule has 0 amide bonds. The van der Waals surface area contributed by atoms with Crippen LogP contribution in [0.2, 0.25) is 0 Å². The van der Waals surface area contributed by atoms with Crippen LogP contribution in [0.4, 0.5) is 0 Å². The summed E-state index contributed by atoms with van der Waals surface area (Å²) in [6.45, 7) is 1.14. The molecule has 1 saturated heterocycles. The van der Waals surface area contributed by atoms with Gasteiger partial charge < -0.3 is 9.84 Å². The monoisotopic (exact) mass is 274 g/mol. The summed E-state index contributed by atoms with van der Waals surface area (Å²) in [6, 6.07) is 10.3. The van der Waals surface area contributed by atoms with E-state index in [9.17, 15) is 9.90 Å². The number of rotatable bonds is 3. The van der Waals surface area contributed by atoms with E-state index in [1.807, 2.05) is 18.2 Å². The lowest BCUT2D eigenvalue weighted by atomic mass is 9.55. The Bertz CT molecular complexity index is 468. The molecule has 2 aliphatic rings. The molecule has 2 fully saturated rings. The fourth-order valence-electron chi connectivity index (χ4n) is 4.40. The molecule has 108 valence electrons. The Morgan fingerprint density at radius 1 is 1.00 bits per heavy atom. The first kappa shape index (κ1) is 13.6. The molecule has 1 aliphatic carbocycles. The third kappa shape index (κ3) is 1.87. The summed E-state index contributed by atoms with van der Waals surface area (Å²) in [6.07, 6.45) is 5.51. The third-order valence-corrected chi connectivity index (χ3v) is 5.46. The van der Waals surface area contributed by atoms with Gasteiger partial charge in [-0.15, -0.1) is 0 Å². The zero-order valence-corrected chi connectivity index (χ0v) is 11.8. The van der Waals surface area contributed by atoms with Crippen molar-refractivity contribution in [3.05, 3.63) is 35.9 Å². The molecule has 1 aromatic carbocycles. The van der Waals surface area contributed by atoms with Crippen LogP contribution in [0.1, 0.15) is 44.1 Å². The fourth-order valence-corrected chi connectivity index (χ4v) is 4.40. The number of carbonyl (C=O) groups is 1. The smallest absolute Gasteiger partial charge is 0.310 e. The largest absolute Gasteiger partial charge is 0.481 e. The van der Waals surface area contributed by atoms with Crippen molar-refractivity contribution < 1.29 is 14.6 Å². The average molecular weight is 274 g/mol. The second-order valence-electron chi connectivity index (χ2n) is 6.15. The maximum atomic E-state index is 12.2. The summed E-state index contributed by atoms with van der Waals surface area (Å²) in [7, 11) is 0. The fraction of sp³-hybridized carbons (Fsp3) is 0.588. The molecule has 0 unspecified atom stereocenters. The Morgan fingerprint density at radius 2 is 1.60 bits per heavy atom. The van der Waals surface area contributed by atoms with Crippen molar-refractivity contribution in [2.24, 2.45) is 5.41 Å². The van der Waals surface area contributed by atoms with Crippen LogP contribution in [0, 0.1) is 5.41 Å². The van der Waals surface area contributed by atoms with Crippen LogP contribution in [0.3, 0.4) is 0 Å². The lowest BCUT2D eigenvalue weighted by Crippen LogP contribution is -2.52. The van der Waals surface area contributed by atoms with Gasteiger partial charge in [-0.3, -0.25) is 4.79 Å². The minimum Gasteiger partial charge on any atom is -0.481 e. The van der Waals surface area contributed by atoms with Crippen LogP contribution in [0.25, 0.3) is 0 Å². The molecule has 20 heavy (non-hydrogen) atoms. The van der Waals surface area contributed by atoms with Crippen LogP contribution in [0.15, 0.2) is 30.3 Å². The summed E-state index contributed by atoms with van der Waals surface area (Å²) in [5.74, 6) is -0.633. The molecule has 3 nitrogen and oxygen atoms in total. The summed E-state index contributed by atoms with van der Waals surface area (Å²) in [5, 5.41) is 10.0. The Labute approximate surface area is 120 Å². The van der Waals surface area contributed by atoms with Gasteiger partial charge in [-0.2, -0.15) is 0 Å². The van der Waals surface area contributed by atoms with E-state index in [2.05, 4.69) is 12.1 Å². The topological polar surface area (TPSA) is 46.5 Å². The highest BCUT2D eigenvalue weighted by Gasteiger charge is 2.58. The van der Waals surface area contributed by atoms with Gasteiger partial charge in [0.25, 0.3) is 0 Å². The highest BCUT2D eigenvalue weighted by atomic mass is 16.5. The van der Waals surface area contributed by atoms with Crippen LogP contribution >= 0.6 is 0 Å². The quantitative estimate of drug-likeness (QED) is 0.919. The lowest BCUT2D eigenvalue weighted by Gasteiger charge is -2.48. The second kappa shape index (κ2) is 5.21. The molecule has 0 radical (unpaired) electrons. The molecule has 0 bridgehead atoms. The number of ether oxygens (including phenoxy) is 1. The molecule has 0 spiro atoms. The van der Waals surface area contributed by atoms with Gasteiger partial charge in [0, 0.05) is 18.6 Å². The van der Waals surface area contributed by atoms with Gasteiger partial charge in [0.2, 0.25) is 0 Å². The van der Waals surface area contributed by atoms with Gasteiger partial charge in [-0.05, 0) is 31.2 Å². The van der Waals surface area contributed by atoms with E-state index in [0.717, 1.165) is 25.7 Å². The molecule has 1 N–H and O–H groups in total. The van der Waals surface area contributed by atoms with Gasteiger partial charge in [0.15, 0.2) is 0 Å². The molecule has 1 aromatic rings. The van der Waals surface area contributed by atoms with E-state index in [-0.39, 0.29) is 5.41 Å². The van der Waals surface area contributed by atoms with E-state index >= 15 is 0 Å². The normalized spacial score (nSPS) is 24.4. The van der Waals surface area contributed by atoms with Crippen molar-refractivity contribution in [2.45, 2.75) is 43.9 Å².